The topological polar surface area (TPSA) is 377 Å². The lowest BCUT2D eigenvalue weighted by molar-refractivity contribution is -0.137. The zero-order valence-corrected chi connectivity index (χ0v) is 71.4. The molecular weight excluding hydrogens is 1830 g/mol. The molecule has 654 valence electrons. The van der Waals surface area contributed by atoms with Crippen molar-refractivity contribution in [1.82, 2.24) is 0 Å². The Hall–Kier alpha value is -11.5. The molecule has 0 amide bonds. The largest absolute Gasteiger partial charge is 0.417 e. The SMILES string of the molecule is CS(=O)(=O)c1cc(-c2ccccc2)ccc1-c1ccc(-c2ccc(-c3ccc(-c4ccc(-c5ccc(-c6ccc(-c7ccc(-c8ccc(-c9ccc(-c%10ccc(-c%11cccc(S(N)(=O)=O)c%11)c(C(F)(F)F)c%10)c(S(C)(=O)=O)c9)c(S(N)(=O)=O)c8)c(C(F)(F)F)c7)c(S(C)(=O)=O)c6)c(S(N)(=O)=O)c5)c(C(F)(F)F)c4)c(S(C)(=O)=O)c3)c(S(N)(=O)=O)c2)c(C(F)(F)F)c1. The van der Waals surface area contributed by atoms with E-state index < -0.39 is 239 Å². The van der Waals surface area contributed by atoms with Crippen LogP contribution in [-0.2, 0) is 104 Å². The van der Waals surface area contributed by atoms with Crippen molar-refractivity contribution >= 4 is 79.4 Å². The molecule has 0 heterocycles. The Kier molecular flexibility index (Phi) is 23.7. The number of benzene rings is 13. The summed E-state index contributed by atoms with van der Waals surface area (Å²) in [7, 11) is -37.3. The van der Waals surface area contributed by atoms with Gasteiger partial charge in [-0.3, -0.25) is 0 Å². The molecule has 40 heteroatoms. The average Bonchev–Trinajstić information content (AvgIpc) is 0.756. The maximum Gasteiger partial charge on any atom is 0.417 e. The van der Waals surface area contributed by atoms with Crippen LogP contribution in [0.4, 0.5) is 52.7 Å². The molecule has 13 aromatic carbocycles. The highest BCUT2D eigenvalue weighted by molar-refractivity contribution is 7.92. The zero-order chi connectivity index (χ0) is 92.5. The van der Waals surface area contributed by atoms with Gasteiger partial charge in [0.15, 0.2) is 39.3 Å². The first-order valence-electron chi connectivity index (χ1n) is 36.0. The van der Waals surface area contributed by atoms with Gasteiger partial charge in [-0.05, 0) is 173 Å². The van der Waals surface area contributed by atoms with Crippen molar-refractivity contribution in [2.45, 2.75) is 63.9 Å². The Morgan fingerprint density at radius 2 is 0.365 bits per heavy atom. The lowest BCUT2D eigenvalue weighted by Crippen LogP contribution is -2.14. The van der Waals surface area contributed by atoms with Crippen molar-refractivity contribution < 1.29 is 120 Å². The van der Waals surface area contributed by atoms with Crippen LogP contribution in [0.3, 0.4) is 0 Å². The monoisotopic (exact) mass is 1890 g/mol. The molecule has 0 unspecified atom stereocenters. The first-order chi connectivity index (χ1) is 58.0. The highest BCUT2D eigenvalue weighted by atomic mass is 32.2. The summed E-state index contributed by atoms with van der Waals surface area (Å²) in [5.74, 6) is 0. The van der Waals surface area contributed by atoms with Gasteiger partial charge < -0.3 is 0 Å². The highest BCUT2D eigenvalue weighted by Gasteiger charge is 2.40. The van der Waals surface area contributed by atoms with Gasteiger partial charge in [0.1, 0.15) is 0 Å². The molecule has 0 aliphatic carbocycles. The number of halogens is 12. The standard InChI is InChI=1S/C86H62F12N4O16S8/c1-119(103,104)76-40-48(47-9-6-5-7-10-47)13-28-65(76)50-15-25-62(73(37-50)84(90,91)92)54-18-32-70(80(44-54)124(100,113)114)58-22-30-67(78(42-58)121(3,107)108)52-17-27-64(75(39-52)86(96,97)98)56-20-34-71(82(46-56)126(102,117)118)59-23-31-68(79(43-59)122(4,109)110)53-16-26-63(74(38-53)85(93,94)95)55-19-33-69(81(45-55)125(101,115)116)57-21-29-66(77(41-57)120(2,105)106)51-14-24-61(72(36-51)83(87,88)89)49-11-8-12-60(35-49)123(99,111)112/h5-46H,1-4H3,(H2,99,111,112)(H2,100,113,114)(H2,101,115,116)(H2,102,117,118). The van der Waals surface area contributed by atoms with E-state index in [0.29, 0.717) is 66.3 Å². The van der Waals surface area contributed by atoms with E-state index >= 15 is 39.5 Å². The fraction of sp³-hybridized carbons (Fsp3) is 0.0930. The number of sulfonamides is 4. The van der Waals surface area contributed by atoms with Crippen molar-refractivity contribution in [1.29, 1.82) is 0 Å². The van der Waals surface area contributed by atoms with Gasteiger partial charge in [-0.25, -0.2) is 87.9 Å². The molecule has 0 aromatic heterocycles. The summed E-state index contributed by atoms with van der Waals surface area (Å²) >= 11 is 0. The average molecular weight is 1890 g/mol. The van der Waals surface area contributed by atoms with E-state index in [1.54, 1.807) is 30.3 Å². The van der Waals surface area contributed by atoms with E-state index in [0.717, 1.165) is 164 Å². The Morgan fingerprint density at radius 3 is 0.587 bits per heavy atom. The summed E-state index contributed by atoms with van der Waals surface area (Å²) < 4.78 is 398. The van der Waals surface area contributed by atoms with Crippen molar-refractivity contribution in [3.63, 3.8) is 0 Å². The summed E-state index contributed by atoms with van der Waals surface area (Å²) in [5, 5.41) is 22.3. The first-order valence-corrected chi connectivity index (χ1v) is 49.7. The Labute approximate surface area is 714 Å². The quantitative estimate of drug-likeness (QED) is 0.0515. The summed E-state index contributed by atoms with van der Waals surface area (Å²) in [4.78, 5) is -5.72. The molecule has 0 aliphatic heterocycles. The second kappa shape index (κ2) is 32.4. The van der Waals surface area contributed by atoms with Crippen LogP contribution in [0, 0.1) is 0 Å². The van der Waals surface area contributed by atoms with Crippen molar-refractivity contribution in [2.24, 2.45) is 20.6 Å². The van der Waals surface area contributed by atoms with E-state index in [2.05, 4.69) is 0 Å². The van der Waals surface area contributed by atoms with Crippen LogP contribution in [0.1, 0.15) is 22.3 Å². The molecule has 0 saturated carbocycles. The van der Waals surface area contributed by atoms with E-state index in [-0.39, 0.29) is 49.4 Å². The molecule has 0 fully saturated rings. The van der Waals surface area contributed by atoms with Gasteiger partial charge in [0, 0.05) is 64.0 Å². The number of hydrogen-bond donors (Lipinski definition) is 4. The molecule has 0 atom stereocenters. The summed E-state index contributed by atoms with van der Waals surface area (Å²) in [6.07, 6.45) is -18.3. The van der Waals surface area contributed by atoms with Crippen molar-refractivity contribution in [3.05, 3.63) is 277 Å². The number of hydrogen-bond acceptors (Lipinski definition) is 16. The predicted molar refractivity (Wildman–Crippen MR) is 450 cm³/mol. The maximum atomic E-state index is 15.6. The fourth-order valence-electron chi connectivity index (χ4n) is 14.7. The Balaban J connectivity index is 0.826. The molecule has 13 rings (SSSR count). The number of nitrogens with two attached hydrogens (primary N) is 4. The summed E-state index contributed by atoms with van der Waals surface area (Å²) in [6, 6.07) is 43.9. The molecule has 0 saturated heterocycles. The molecule has 20 nitrogen and oxygen atoms in total. The third-order valence-electron chi connectivity index (χ3n) is 20.4. The molecule has 0 radical (unpaired) electrons. The molecule has 13 aromatic rings. The molecule has 0 bridgehead atoms. The molecule has 0 spiro atoms. The van der Waals surface area contributed by atoms with E-state index in [4.69, 9.17) is 20.6 Å². The highest BCUT2D eigenvalue weighted by Crippen LogP contribution is 2.50. The van der Waals surface area contributed by atoms with Crippen LogP contribution in [0.15, 0.2) is 294 Å². The summed E-state index contributed by atoms with van der Waals surface area (Å²) in [6.45, 7) is 0. The Morgan fingerprint density at radius 1 is 0.183 bits per heavy atom. The lowest BCUT2D eigenvalue weighted by atomic mass is 9.91. The first kappa shape index (κ1) is 92.1. The predicted octanol–water partition coefficient (Wildman–Crippen LogP) is 18.0. The van der Waals surface area contributed by atoms with Crippen LogP contribution >= 0.6 is 0 Å². The second-order valence-corrected chi connectivity index (χ2v) is 43.3. The molecule has 8 N–H and O–H groups in total. The van der Waals surface area contributed by atoms with Crippen LogP contribution in [0.25, 0.3) is 134 Å². The molecule has 126 heavy (non-hydrogen) atoms. The van der Waals surface area contributed by atoms with Crippen LogP contribution in [0.5, 0.6) is 0 Å². The molecular formula is C86H62F12N4O16S8. The maximum absolute atomic E-state index is 15.6. The van der Waals surface area contributed by atoms with Gasteiger partial charge in [0.05, 0.1) is 61.4 Å². The van der Waals surface area contributed by atoms with Gasteiger partial charge in [0.25, 0.3) is 0 Å². The van der Waals surface area contributed by atoms with E-state index in [1.165, 1.54) is 30.3 Å². The second-order valence-electron chi connectivity index (χ2n) is 29.2. The van der Waals surface area contributed by atoms with Crippen LogP contribution in [-0.4, -0.2) is 92.4 Å². The van der Waals surface area contributed by atoms with E-state index in [1.807, 2.05) is 0 Å². The number of rotatable bonds is 20. The number of sulfone groups is 4. The van der Waals surface area contributed by atoms with Gasteiger partial charge >= 0.3 is 24.7 Å². The van der Waals surface area contributed by atoms with Gasteiger partial charge in [0.2, 0.25) is 40.1 Å². The molecule has 0 aliphatic rings. The lowest BCUT2D eigenvalue weighted by Gasteiger charge is -2.19. The smallest absolute Gasteiger partial charge is 0.225 e. The third-order valence-corrected chi connectivity index (χ3v) is 28.7. The van der Waals surface area contributed by atoms with E-state index in [9.17, 15) is 80.5 Å². The van der Waals surface area contributed by atoms with Crippen LogP contribution in [0.2, 0.25) is 0 Å². The minimum Gasteiger partial charge on any atom is -0.225 e. The van der Waals surface area contributed by atoms with Gasteiger partial charge in [-0.2, -0.15) is 52.7 Å². The number of primary sulfonamides is 4. The summed E-state index contributed by atoms with van der Waals surface area (Å²) in [5.41, 5.74) is -14.2. The fourth-order valence-corrected chi connectivity index (χ4v) is 21.3. The van der Waals surface area contributed by atoms with Crippen LogP contribution < -0.4 is 20.6 Å². The van der Waals surface area contributed by atoms with Gasteiger partial charge in [-0.1, -0.05) is 176 Å². The van der Waals surface area contributed by atoms with Gasteiger partial charge in [-0.15, -0.1) is 0 Å². The minimum atomic E-state index is -5.38. The Bertz CT molecular complexity index is 7740. The van der Waals surface area contributed by atoms with Crippen molar-refractivity contribution in [3.8, 4) is 134 Å². The minimum absolute atomic E-state index is 0.103. The third kappa shape index (κ3) is 19.2. The zero-order valence-electron chi connectivity index (χ0n) is 64.9. The normalized spacial score (nSPS) is 13.1. The van der Waals surface area contributed by atoms with Crippen molar-refractivity contribution in [2.75, 3.05) is 25.0 Å². The number of alkyl halides is 12.